The van der Waals surface area contributed by atoms with Crippen molar-refractivity contribution in [3.63, 3.8) is 0 Å². The van der Waals surface area contributed by atoms with Crippen LogP contribution in [0.3, 0.4) is 0 Å². The standard InChI is InChI=1S/C9H6O4.C7H8FN3S/c10-7-5-3-1-2-4-6(5)8(11)9(7,12)13;8-5-3-1-2-4-6(5)10-11-7(9)12/h1-4,12-13H;1-4,10H,(H3,9,11,12). The second-order valence-corrected chi connectivity index (χ2v) is 5.41. The Kier molecular flexibility index (Phi) is 5.42. The van der Waals surface area contributed by atoms with Gasteiger partial charge in [-0.3, -0.25) is 20.4 Å². The van der Waals surface area contributed by atoms with Crippen molar-refractivity contribution in [2.24, 2.45) is 5.73 Å². The fraction of sp³-hybridized carbons (Fsp3) is 0.0625. The van der Waals surface area contributed by atoms with E-state index in [4.69, 9.17) is 15.9 Å². The number of anilines is 1. The Morgan fingerprint density at radius 3 is 1.96 bits per heavy atom. The van der Waals surface area contributed by atoms with E-state index in [-0.39, 0.29) is 22.1 Å². The molecule has 25 heavy (non-hydrogen) atoms. The Bertz CT molecular complexity index is 805. The zero-order valence-electron chi connectivity index (χ0n) is 12.7. The summed E-state index contributed by atoms with van der Waals surface area (Å²) >= 11 is 4.52. The number of hydrazine groups is 1. The number of carbonyl (C=O) groups is 2. The van der Waals surface area contributed by atoms with Gasteiger partial charge in [0.25, 0.3) is 5.79 Å². The van der Waals surface area contributed by atoms with Gasteiger partial charge >= 0.3 is 0 Å². The van der Waals surface area contributed by atoms with Crippen LogP contribution in [-0.4, -0.2) is 32.7 Å². The number of nitrogens with two attached hydrogens (primary N) is 1. The summed E-state index contributed by atoms with van der Waals surface area (Å²) in [6.45, 7) is 0. The predicted octanol–water partition coefficient (Wildman–Crippen LogP) is 0.732. The third-order valence-electron chi connectivity index (χ3n) is 3.24. The van der Waals surface area contributed by atoms with Crippen LogP contribution >= 0.6 is 12.2 Å². The van der Waals surface area contributed by atoms with Gasteiger partial charge in [-0.15, -0.1) is 0 Å². The largest absolute Gasteiger partial charge is 0.375 e. The van der Waals surface area contributed by atoms with E-state index in [1.807, 2.05) is 0 Å². The lowest BCUT2D eigenvalue weighted by Gasteiger charge is -2.08. The molecule has 0 saturated carbocycles. The quantitative estimate of drug-likeness (QED) is 0.229. The third kappa shape index (κ3) is 3.97. The van der Waals surface area contributed by atoms with Crippen molar-refractivity contribution >= 4 is 34.6 Å². The number of para-hydroxylation sites is 1. The average molecular weight is 363 g/mol. The van der Waals surface area contributed by atoms with Crippen molar-refractivity contribution in [2.75, 3.05) is 5.43 Å². The first-order valence-electron chi connectivity index (χ1n) is 6.94. The van der Waals surface area contributed by atoms with Crippen molar-refractivity contribution in [3.05, 3.63) is 65.5 Å². The van der Waals surface area contributed by atoms with Crippen LogP contribution < -0.4 is 16.6 Å². The zero-order valence-corrected chi connectivity index (χ0v) is 13.5. The number of nitrogens with one attached hydrogen (secondary N) is 2. The number of hydrogen-bond donors (Lipinski definition) is 5. The Hall–Kier alpha value is -2.88. The summed E-state index contributed by atoms with van der Waals surface area (Å²) in [5.41, 5.74) is 10.5. The lowest BCUT2D eigenvalue weighted by atomic mass is 10.1. The molecule has 0 aromatic heterocycles. The molecule has 0 spiro atoms. The molecule has 0 heterocycles. The minimum atomic E-state index is -2.86. The maximum atomic E-state index is 12.9. The normalized spacial score (nSPS) is 14.2. The van der Waals surface area contributed by atoms with Crippen LogP contribution in [-0.2, 0) is 0 Å². The number of halogens is 1. The summed E-state index contributed by atoms with van der Waals surface area (Å²) in [4.78, 5) is 22.4. The summed E-state index contributed by atoms with van der Waals surface area (Å²) in [7, 11) is 0. The lowest BCUT2D eigenvalue weighted by Crippen LogP contribution is -2.40. The third-order valence-corrected chi connectivity index (χ3v) is 3.35. The molecule has 9 heteroatoms. The van der Waals surface area contributed by atoms with Crippen molar-refractivity contribution in [2.45, 2.75) is 5.79 Å². The monoisotopic (exact) mass is 363 g/mol. The maximum absolute atomic E-state index is 12.9. The Labute approximate surface area is 147 Å². The van der Waals surface area contributed by atoms with Gasteiger partial charge in [-0.1, -0.05) is 36.4 Å². The van der Waals surface area contributed by atoms with E-state index in [1.165, 1.54) is 18.2 Å². The van der Waals surface area contributed by atoms with Crippen LogP contribution in [0.15, 0.2) is 48.5 Å². The minimum absolute atomic E-state index is 0.0671. The van der Waals surface area contributed by atoms with Gasteiger partial charge in [-0.2, -0.15) is 0 Å². The molecule has 6 N–H and O–H groups in total. The maximum Gasteiger partial charge on any atom is 0.295 e. The molecule has 7 nitrogen and oxygen atoms in total. The van der Waals surface area contributed by atoms with Crippen LogP contribution in [0.1, 0.15) is 20.7 Å². The van der Waals surface area contributed by atoms with E-state index >= 15 is 0 Å². The van der Waals surface area contributed by atoms with Gasteiger partial charge in [0, 0.05) is 11.1 Å². The molecule has 3 rings (SSSR count). The van der Waals surface area contributed by atoms with Gasteiger partial charge in [0.15, 0.2) is 5.11 Å². The van der Waals surface area contributed by atoms with E-state index in [1.54, 1.807) is 30.3 Å². The van der Waals surface area contributed by atoms with Gasteiger partial charge in [-0.25, -0.2) is 4.39 Å². The summed E-state index contributed by atoms with van der Waals surface area (Å²) in [5.74, 6) is -5.12. The molecule has 2 aromatic rings. The average Bonchev–Trinajstić information content (AvgIpc) is 2.76. The first-order valence-corrected chi connectivity index (χ1v) is 7.35. The van der Waals surface area contributed by atoms with Crippen molar-refractivity contribution in [3.8, 4) is 0 Å². The number of ketones is 2. The second kappa shape index (κ2) is 7.34. The molecule has 2 aromatic carbocycles. The molecule has 0 bridgehead atoms. The molecule has 0 radical (unpaired) electrons. The molecule has 0 aliphatic heterocycles. The van der Waals surface area contributed by atoms with Crippen molar-refractivity contribution in [1.82, 2.24) is 5.43 Å². The summed E-state index contributed by atoms with van der Waals surface area (Å²) < 4.78 is 12.9. The van der Waals surface area contributed by atoms with E-state index in [0.717, 1.165) is 0 Å². The minimum Gasteiger partial charge on any atom is -0.375 e. The fourth-order valence-electron chi connectivity index (χ4n) is 2.05. The van der Waals surface area contributed by atoms with Crippen LogP contribution in [0.4, 0.5) is 10.1 Å². The SMILES string of the molecule is NC(=S)NNc1ccccc1F.O=C1c2ccccc2C(=O)C1(O)O. The smallest absolute Gasteiger partial charge is 0.295 e. The van der Waals surface area contributed by atoms with Crippen LogP contribution in [0, 0.1) is 5.82 Å². The van der Waals surface area contributed by atoms with Gasteiger partial charge in [0.1, 0.15) is 5.82 Å². The number of carbonyl (C=O) groups excluding carboxylic acids is 2. The second-order valence-electron chi connectivity index (χ2n) is 4.97. The van der Waals surface area contributed by atoms with Crippen molar-refractivity contribution in [1.29, 1.82) is 0 Å². The number of hydrogen-bond acceptors (Lipinski definition) is 6. The molecule has 0 amide bonds. The molecule has 1 aliphatic carbocycles. The lowest BCUT2D eigenvalue weighted by molar-refractivity contribution is -0.0857. The number of benzene rings is 2. The van der Waals surface area contributed by atoms with Gasteiger partial charge in [0.05, 0.1) is 5.69 Å². The molecular weight excluding hydrogens is 349 g/mol. The first kappa shape index (κ1) is 18.5. The molecule has 130 valence electrons. The van der Waals surface area contributed by atoms with Gasteiger partial charge < -0.3 is 15.9 Å². The predicted molar refractivity (Wildman–Crippen MR) is 92.2 cm³/mol. The highest BCUT2D eigenvalue weighted by molar-refractivity contribution is 7.80. The number of fused-ring (bicyclic) bond motifs is 1. The number of Topliss-reactive ketones (excluding diaryl/α,β-unsaturated/α-hetero) is 2. The van der Waals surface area contributed by atoms with E-state index in [2.05, 4.69) is 23.1 Å². The van der Waals surface area contributed by atoms with E-state index in [0.29, 0.717) is 5.69 Å². The van der Waals surface area contributed by atoms with Crippen molar-refractivity contribution < 1.29 is 24.2 Å². The Morgan fingerprint density at radius 1 is 1.00 bits per heavy atom. The molecule has 0 unspecified atom stereocenters. The number of rotatable bonds is 2. The molecule has 0 atom stereocenters. The first-order chi connectivity index (χ1) is 11.7. The molecule has 0 saturated heterocycles. The highest BCUT2D eigenvalue weighted by Crippen LogP contribution is 2.27. The van der Waals surface area contributed by atoms with E-state index < -0.39 is 17.4 Å². The summed E-state index contributed by atoms with van der Waals surface area (Å²) in [6.07, 6.45) is 0. The van der Waals surface area contributed by atoms with E-state index in [9.17, 15) is 14.0 Å². The topological polar surface area (TPSA) is 125 Å². The number of aliphatic hydroxyl groups is 2. The molecular formula is C16H14FN3O4S. The zero-order chi connectivity index (χ0) is 18.6. The number of thiocarbonyl (C=S) groups is 1. The summed E-state index contributed by atoms with van der Waals surface area (Å²) in [5, 5.41) is 18.3. The van der Waals surface area contributed by atoms with Gasteiger partial charge in [-0.05, 0) is 24.4 Å². The van der Waals surface area contributed by atoms with Crippen LogP contribution in [0.2, 0.25) is 0 Å². The van der Waals surface area contributed by atoms with Crippen LogP contribution in [0.25, 0.3) is 0 Å². The Balaban J connectivity index is 0.000000181. The van der Waals surface area contributed by atoms with Gasteiger partial charge in [0.2, 0.25) is 11.6 Å². The molecule has 0 fully saturated rings. The fourth-order valence-corrected chi connectivity index (χ4v) is 2.10. The highest BCUT2D eigenvalue weighted by atomic mass is 32.1. The highest BCUT2D eigenvalue weighted by Gasteiger charge is 2.50. The van der Waals surface area contributed by atoms with Crippen LogP contribution in [0.5, 0.6) is 0 Å². The molecule has 1 aliphatic rings. The Morgan fingerprint density at radius 2 is 1.48 bits per heavy atom. The summed E-state index contributed by atoms with van der Waals surface area (Å²) in [6, 6.07) is 12.1.